The molecule has 3 rings (SSSR count). The van der Waals surface area contributed by atoms with Crippen molar-refractivity contribution in [2.75, 3.05) is 11.9 Å². The van der Waals surface area contributed by atoms with Gasteiger partial charge in [0.15, 0.2) is 0 Å². The Labute approximate surface area is 124 Å². The molecule has 1 aromatic heterocycles. The van der Waals surface area contributed by atoms with E-state index in [0.717, 1.165) is 28.8 Å². The summed E-state index contributed by atoms with van der Waals surface area (Å²) in [7, 11) is 2.02. The van der Waals surface area contributed by atoms with Gasteiger partial charge in [0.1, 0.15) is 5.82 Å². The number of para-hydroxylation sites is 1. The molecule has 106 valence electrons. The summed E-state index contributed by atoms with van der Waals surface area (Å²) in [5.74, 6) is 0.876. The number of hydrogen-bond acceptors (Lipinski definition) is 3. The van der Waals surface area contributed by atoms with Gasteiger partial charge in [-0.1, -0.05) is 48.5 Å². The van der Waals surface area contributed by atoms with Gasteiger partial charge in [-0.2, -0.15) is 0 Å². The standard InChI is InChI=1S/C18H18N2O/c1-20(12-14-7-3-2-4-8-14)18-11-15(13-21)16-9-5-6-10-17(16)19-18/h2-11,21H,12-13H2,1H3. The van der Waals surface area contributed by atoms with E-state index in [2.05, 4.69) is 17.0 Å². The van der Waals surface area contributed by atoms with Gasteiger partial charge in [0, 0.05) is 19.0 Å². The second kappa shape index (κ2) is 5.94. The highest BCUT2D eigenvalue weighted by atomic mass is 16.3. The highest BCUT2D eigenvalue weighted by molar-refractivity contribution is 5.84. The van der Waals surface area contributed by atoms with Crippen molar-refractivity contribution in [1.29, 1.82) is 0 Å². The van der Waals surface area contributed by atoms with Crippen molar-refractivity contribution in [2.24, 2.45) is 0 Å². The normalized spacial score (nSPS) is 10.8. The summed E-state index contributed by atoms with van der Waals surface area (Å²) >= 11 is 0. The van der Waals surface area contributed by atoms with Crippen molar-refractivity contribution < 1.29 is 5.11 Å². The highest BCUT2D eigenvalue weighted by Gasteiger charge is 2.08. The number of rotatable bonds is 4. The van der Waals surface area contributed by atoms with Gasteiger partial charge in [0.2, 0.25) is 0 Å². The highest BCUT2D eigenvalue weighted by Crippen LogP contribution is 2.23. The second-order valence-corrected chi connectivity index (χ2v) is 5.16. The third kappa shape index (κ3) is 2.88. The number of anilines is 1. The first kappa shape index (κ1) is 13.6. The fourth-order valence-corrected chi connectivity index (χ4v) is 2.50. The van der Waals surface area contributed by atoms with Crippen LogP contribution < -0.4 is 4.90 Å². The largest absolute Gasteiger partial charge is 0.392 e. The Morgan fingerprint density at radius 2 is 1.71 bits per heavy atom. The summed E-state index contributed by atoms with van der Waals surface area (Å²) < 4.78 is 0. The van der Waals surface area contributed by atoms with Crippen LogP contribution in [0.25, 0.3) is 10.9 Å². The molecule has 0 aliphatic heterocycles. The van der Waals surface area contributed by atoms with Crippen molar-refractivity contribution in [3.63, 3.8) is 0 Å². The van der Waals surface area contributed by atoms with E-state index in [1.165, 1.54) is 5.56 Å². The average Bonchev–Trinajstić information content (AvgIpc) is 2.54. The fraction of sp³-hybridized carbons (Fsp3) is 0.167. The van der Waals surface area contributed by atoms with E-state index >= 15 is 0 Å². The van der Waals surface area contributed by atoms with Crippen LogP contribution in [0.2, 0.25) is 0 Å². The lowest BCUT2D eigenvalue weighted by Gasteiger charge is -2.20. The topological polar surface area (TPSA) is 36.4 Å². The second-order valence-electron chi connectivity index (χ2n) is 5.16. The predicted molar refractivity (Wildman–Crippen MR) is 86.2 cm³/mol. The van der Waals surface area contributed by atoms with Crippen molar-refractivity contribution in [3.8, 4) is 0 Å². The Morgan fingerprint density at radius 3 is 2.48 bits per heavy atom. The Balaban J connectivity index is 1.96. The monoisotopic (exact) mass is 278 g/mol. The Morgan fingerprint density at radius 1 is 1.00 bits per heavy atom. The molecule has 0 amide bonds. The number of hydrogen-bond donors (Lipinski definition) is 1. The first-order chi connectivity index (χ1) is 10.3. The maximum absolute atomic E-state index is 9.59. The average molecular weight is 278 g/mol. The van der Waals surface area contributed by atoms with Gasteiger partial charge in [-0.05, 0) is 23.3 Å². The van der Waals surface area contributed by atoms with Crippen molar-refractivity contribution in [2.45, 2.75) is 13.2 Å². The number of aliphatic hydroxyl groups excluding tert-OH is 1. The minimum absolute atomic E-state index is 0.0230. The van der Waals surface area contributed by atoms with Crippen LogP contribution in [0.4, 0.5) is 5.82 Å². The van der Waals surface area contributed by atoms with Gasteiger partial charge in [0.25, 0.3) is 0 Å². The zero-order valence-electron chi connectivity index (χ0n) is 12.0. The molecule has 1 heterocycles. The van der Waals surface area contributed by atoms with Crippen LogP contribution in [0.1, 0.15) is 11.1 Å². The summed E-state index contributed by atoms with van der Waals surface area (Å²) in [6, 6.07) is 20.2. The molecule has 3 aromatic rings. The van der Waals surface area contributed by atoms with Crippen LogP contribution in [-0.2, 0) is 13.2 Å². The lowest BCUT2D eigenvalue weighted by Crippen LogP contribution is -2.18. The third-order valence-corrected chi connectivity index (χ3v) is 3.61. The Kier molecular flexibility index (Phi) is 3.84. The summed E-state index contributed by atoms with van der Waals surface area (Å²) in [6.07, 6.45) is 0. The molecule has 0 saturated carbocycles. The first-order valence-electron chi connectivity index (χ1n) is 7.02. The van der Waals surface area contributed by atoms with Gasteiger partial charge in [-0.15, -0.1) is 0 Å². The summed E-state index contributed by atoms with van der Waals surface area (Å²) in [5, 5.41) is 10.6. The summed E-state index contributed by atoms with van der Waals surface area (Å²) in [5.41, 5.74) is 3.06. The SMILES string of the molecule is CN(Cc1ccccc1)c1cc(CO)c2ccccc2n1. The molecule has 0 fully saturated rings. The molecule has 0 saturated heterocycles. The number of fused-ring (bicyclic) bond motifs is 1. The lowest BCUT2D eigenvalue weighted by atomic mass is 10.1. The third-order valence-electron chi connectivity index (χ3n) is 3.61. The van der Waals surface area contributed by atoms with Gasteiger partial charge in [-0.25, -0.2) is 4.98 Å². The number of benzene rings is 2. The van der Waals surface area contributed by atoms with E-state index in [0.29, 0.717) is 0 Å². The van der Waals surface area contributed by atoms with E-state index in [-0.39, 0.29) is 6.61 Å². The van der Waals surface area contributed by atoms with E-state index < -0.39 is 0 Å². The molecule has 0 bridgehead atoms. The summed E-state index contributed by atoms with van der Waals surface area (Å²) in [4.78, 5) is 6.79. The molecule has 3 heteroatoms. The molecule has 0 aliphatic rings. The van der Waals surface area contributed by atoms with Crippen LogP contribution in [0.3, 0.4) is 0 Å². The minimum atomic E-state index is 0.0230. The van der Waals surface area contributed by atoms with E-state index in [9.17, 15) is 5.11 Å². The van der Waals surface area contributed by atoms with Gasteiger partial charge in [0.05, 0.1) is 12.1 Å². The number of pyridine rings is 1. The minimum Gasteiger partial charge on any atom is -0.392 e. The van der Waals surface area contributed by atoms with Crippen LogP contribution in [0, 0.1) is 0 Å². The van der Waals surface area contributed by atoms with Crippen LogP contribution >= 0.6 is 0 Å². The number of nitrogens with zero attached hydrogens (tertiary/aromatic N) is 2. The Hall–Kier alpha value is -2.39. The quantitative estimate of drug-likeness (QED) is 0.795. The van der Waals surface area contributed by atoms with E-state index in [1.807, 2.05) is 55.6 Å². The Bertz CT molecular complexity index is 741. The van der Waals surface area contributed by atoms with Gasteiger partial charge in [-0.3, -0.25) is 0 Å². The van der Waals surface area contributed by atoms with Crippen LogP contribution in [-0.4, -0.2) is 17.1 Å². The lowest BCUT2D eigenvalue weighted by molar-refractivity contribution is 0.283. The molecular weight excluding hydrogens is 260 g/mol. The molecule has 0 radical (unpaired) electrons. The number of aromatic nitrogens is 1. The predicted octanol–water partition coefficient (Wildman–Crippen LogP) is 3.36. The van der Waals surface area contributed by atoms with Crippen LogP contribution in [0.15, 0.2) is 60.7 Å². The van der Waals surface area contributed by atoms with Crippen LogP contribution in [0.5, 0.6) is 0 Å². The molecule has 21 heavy (non-hydrogen) atoms. The maximum atomic E-state index is 9.59. The molecule has 0 aliphatic carbocycles. The molecule has 2 aromatic carbocycles. The zero-order chi connectivity index (χ0) is 14.7. The smallest absolute Gasteiger partial charge is 0.129 e. The van der Waals surface area contributed by atoms with Gasteiger partial charge >= 0.3 is 0 Å². The van der Waals surface area contributed by atoms with E-state index in [1.54, 1.807) is 0 Å². The van der Waals surface area contributed by atoms with Crippen molar-refractivity contribution >= 4 is 16.7 Å². The molecule has 0 spiro atoms. The fourth-order valence-electron chi connectivity index (χ4n) is 2.50. The van der Waals surface area contributed by atoms with Crippen molar-refractivity contribution in [1.82, 2.24) is 4.98 Å². The maximum Gasteiger partial charge on any atom is 0.129 e. The molecule has 0 atom stereocenters. The molecular formula is C18H18N2O. The first-order valence-corrected chi connectivity index (χ1v) is 7.02. The number of aliphatic hydroxyl groups is 1. The summed E-state index contributed by atoms with van der Waals surface area (Å²) in [6.45, 7) is 0.812. The molecule has 1 N–H and O–H groups in total. The van der Waals surface area contributed by atoms with Crippen molar-refractivity contribution in [3.05, 3.63) is 71.8 Å². The van der Waals surface area contributed by atoms with E-state index in [4.69, 9.17) is 4.98 Å². The van der Waals surface area contributed by atoms with Gasteiger partial charge < -0.3 is 10.0 Å². The molecule has 0 unspecified atom stereocenters. The zero-order valence-corrected chi connectivity index (χ0v) is 12.0. The molecule has 3 nitrogen and oxygen atoms in total.